The predicted molar refractivity (Wildman–Crippen MR) is 62.0 cm³/mol. The van der Waals surface area contributed by atoms with Gasteiger partial charge in [0.25, 0.3) is 0 Å². The molecule has 3 rings (SSSR count). The highest BCUT2D eigenvalue weighted by Crippen LogP contribution is 2.42. The van der Waals surface area contributed by atoms with Crippen LogP contribution in [0.1, 0.15) is 45.4 Å². The molecule has 3 aliphatic rings. The van der Waals surface area contributed by atoms with Gasteiger partial charge in [0, 0.05) is 42.7 Å². The van der Waals surface area contributed by atoms with Crippen molar-refractivity contribution in [3.8, 4) is 0 Å². The van der Waals surface area contributed by atoms with Crippen LogP contribution in [0.2, 0.25) is 0 Å². The number of ether oxygens (including phenoxy) is 1. The number of ketones is 2. The van der Waals surface area contributed by atoms with E-state index in [1.165, 1.54) is 0 Å². The first-order chi connectivity index (χ1) is 8.18. The molecule has 0 spiro atoms. The summed E-state index contributed by atoms with van der Waals surface area (Å²) >= 11 is 0. The second-order valence-electron chi connectivity index (χ2n) is 5.05. The van der Waals surface area contributed by atoms with Crippen LogP contribution < -0.4 is 0 Å². The molecule has 17 heavy (non-hydrogen) atoms. The topological polar surface area (TPSA) is 43.4 Å². The molecule has 0 atom stereocenters. The van der Waals surface area contributed by atoms with Gasteiger partial charge in [-0.1, -0.05) is 6.92 Å². The van der Waals surface area contributed by atoms with Crippen molar-refractivity contribution in [1.29, 1.82) is 0 Å². The van der Waals surface area contributed by atoms with Gasteiger partial charge in [-0.3, -0.25) is 9.59 Å². The molecule has 1 heterocycles. The van der Waals surface area contributed by atoms with E-state index >= 15 is 0 Å². The molecule has 3 nitrogen and oxygen atoms in total. The zero-order chi connectivity index (χ0) is 12.0. The maximum Gasteiger partial charge on any atom is 0.162 e. The van der Waals surface area contributed by atoms with Gasteiger partial charge < -0.3 is 4.74 Å². The summed E-state index contributed by atoms with van der Waals surface area (Å²) in [4.78, 5) is 23.9. The van der Waals surface area contributed by atoms with Crippen molar-refractivity contribution in [3.63, 3.8) is 0 Å². The van der Waals surface area contributed by atoms with Gasteiger partial charge in [0.2, 0.25) is 0 Å². The highest BCUT2D eigenvalue weighted by Gasteiger charge is 2.38. The van der Waals surface area contributed by atoms with Gasteiger partial charge in [-0.05, 0) is 12.8 Å². The molecule has 3 heteroatoms. The second kappa shape index (κ2) is 3.83. The number of allylic oxidation sites excluding steroid dienone is 4. The second-order valence-corrected chi connectivity index (χ2v) is 5.05. The third kappa shape index (κ3) is 1.56. The molecule has 0 radical (unpaired) electrons. The summed E-state index contributed by atoms with van der Waals surface area (Å²) in [5.74, 6) is 1.96. The van der Waals surface area contributed by atoms with E-state index in [-0.39, 0.29) is 17.5 Å². The normalized spacial score (nSPS) is 25.7. The standard InChI is InChI=1S/C14H16O3/c1-8-13-9(15)4-2-6-11(13)17-12-7-3-5-10(16)14(8)12/h8H,2-7H2,1H3. The quantitative estimate of drug-likeness (QED) is 0.645. The molecule has 0 saturated heterocycles. The molecule has 2 aliphatic carbocycles. The summed E-state index contributed by atoms with van der Waals surface area (Å²) in [5, 5.41) is 0. The molecule has 90 valence electrons. The first-order valence-corrected chi connectivity index (χ1v) is 6.39. The maximum absolute atomic E-state index is 11.9. The van der Waals surface area contributed by atoms with E-state index < -0.39 is 0 Å². The largest absolute Gasteiger partial charge is 0.465 e. The van der Waals surface area contributed by atoms with Gasteiger partial charge >= 0.3 is 0 Å². The van der Waals surface area contributed by atoms with E-state index in [0.29, 0.717) is 12.8 Å². The fraction of sp³-hybridized carbons (Fsp3) is 0.571. The van der Waals surface area contributed by atoms with Gasteiger partial charge in [-0.15, -0.1) is 0 Å². The molecule has 0 saturated carbocycles. The molecule has 1 aliphatic heterocycles. The monoisotopic (exact) mass is 232 g/mol. The lowest BCUT2D eigenvalue weighted by atomic mass is 9.77. The van der Waals surface area contributed by atoms with Gasteiger partial charge in [0.05, 0.1) is 0 Å². The van der Waals surface area contributed by atoms with Crippen molar-refractivity contribution in [2.45, 2.75) is 45.4 Å². The minimum Gasteiger partial charge on any atom is -0.465 e. The van der Waals surface area contributed by atoms with E-state index in [4.69, 9.17) is 4.74 Å². The van der Waals surface area contributed by atoms with Crippen molar-refractivity contribution >= 4 is 11.6 Å². The van der Waals surface area contributed by atoms with E-state index in [1.807, 2.05) is 6.92 Å². The molecule has 0 aromatic heterocycles. The van der Waals surface area contributed by atoms with Gasteiger partial charge in [-0.25, -0.2) is 0 Å². The van der Waals surface area contributed by atoms with Gasteiger partial charge in [0.1, 0.15) is 11.5 Å². The molecule has 0 aromatic rings. The number of hydrogen-bond acceptors (Lipinski definition) is 3. The third-order valence-corrected chi connectivity index (χ3v) is 3.93. The fourth-order valence-electron chi connectivity index (χ4n) is 3.14. The number of rotatable bonds is 0. The third-order valence-electron chi connectivity index (χ3n) is 3.93. The summed E-state index contributed by atoms with van der Waals surface area (Å²) in [6.07, 6.45) is 4.64. The molecule has 0 aromatic carbocycles. The predicted octanol–water partition coefficient (Wildman–Crippen LogP) is 2.67. The lowest BCUT2D eigenvalue weighted by molar-refractivity contribution is -0.118. The first-order valence-electron chi connectivity index (χ1n) is 6.39. The van der Waals surface area contributed by atoms with Crippen molar-refractivity contribution in [1.82, 2.24) is 0 Å². The Morgan fingerprint density at radius 2 is 1.35 bits per heavy atom. The molecule has 0 unspecified atom stereocenters. The van der Waals surface area contributed by atoms with Crippen molar-refractivity contribution in [2.75, 3.05) is 0 Å². The van der Waals surface area contributed by atoms with Crippen LogP contribution >= 0.6 is 0 Å². The van der Waals surface area contributed by atoms with E-state index in [2.05, 4.69) is 0 Å². The van der Waals surface area contributed by atoms with Crippen LogP contribution in [-0.4, -0.2) is 11.6 Å². The van der Waals surface area contributed by atoms with Crippen molar-refractivity contribution in [2.24, 2.45) is 5.92 Å². The Kier molecular flexibility index (Phi) is 2.42. The van der Waals surface area contributed by atoms with E-state index in [1.54, 1.807) is 0 Å². The van der Waals surface area contributed by atoms with Crippen LogP contribution in [0.25, 0.3) is 0 Å². The lowest BCUT2D eigenvalue weighted by Gasteiger charge is -2.33. The van der Waals surface area contributed by atoms with Crippen molar-refractivity contribution < 1.29 is 14.3 Å². The average Bonchev–Trinajstić information content (AvgIpc) is 2.28. The minimum absolute atomic E-state index is 0.0469. The molecule has 0 fully saturated rings. The van der Waals surface area contributed by atoms with Crippen LogP contribution in [0.3, 0.4) is 0 Å². The zero-order valence-electron chi connectivity index (χ0n) is 10.0. The fourth-order valence-corrected chi connectivity index (χ4v) is 3.14. The average molecular weight is 232 g/mol. The van der Waals surface area contributed by atoms with Crippen molar-refractivity contribution in [3.05, 3.63) is 22.7 Å². The van der Waals surface area contributed by atoms with Crippen LogP contribution in [0.5, 0.6) is 0 Å². The SMILES string of the molecule is CC1C2=C(CCCC2=O)OC2=C1C(=O)CCC2. The number of carbonyl (C=O) groups is 2. The van der Waals surface area contributed by atoms with Gasteiger partial charge in [0.15, 0.2) is 11.6 Å². The molecule has 0 N–H and O–H groups in total. The Morgan fingerprint density at radius 1 is 0.882 bits per heavy atom. The molecule has 0 amide bonds. The smallest absolute Gasteiger partial charge is 0.162 e. The summed E-state index contributed by atoms with van der Waals surface area (Å²) in [6, 6.07) is 0. The molecular weight excluding hydrogens is 216 g/mol. The highest BCUT2D eigenvalue weighted by atomic mass is 16.5. The Labute approximate surface area is 101 Å². The highest BCUT2D eigenvalue weighted by molar-refractivity contribution is 6.03. The van der Waals surface area contributed by atoms with E-state index in [0.717, 1.165) is 48.3 Å². The van der Waals surface area contributed by atoms with Crippen LogP contribution in [-0.2, 0) is 14.3 Å². The van der Waals surface area contributed by atoms with Crippen LogP contribution in [0.4, 0.5) is 0 Å². The zero-order valence-corrected chi connectivity index (χ0v) is 10.0. The summed E-state index contributed by atoms with van der Waals surface area (Å²) in [6.45, 7) is 1.97. The minimum atomic E-state index is -0.0469. The Hall–Kier alpha value is -1.38. The van der Waals surface area contributed by atoms with E-state index in [9.17, 15) is 9.59 Å². The Balaban J connectivity index is 2.04. The van der Waals surface area contributed by atoms with Crippen LogP contribution in [0.15, 0.2) is 22.7 Å². The molecular formula is C14H16O3. The Morgan fingerprint density at radius 3 is 1.82 bits per heavy atom. The Bertz CT molecular complexity index is 426. The lowest BCUT2D eigenvalue weighted by Crippen LogP contribution is -2.29. The number of Topliss-reactive ketones (excluding diaryl/α,β-unsaturated/α-hetero) is 2. The number of carbonyl (C=O) groups excluding carboxylic acids is 2. The summed E-state index contributed by atoms with van der Waals surface area (Å²) < 4.78 is 5.82. The van der Waals surface area contributed by atoms with Gasteiger partial charge in [-0.2, -0.15) is 0 Å². The summed E-state index contributed by atoms with van der Waals surface area (Å²) in [5.41, 5.74) is 1.54. The van der Waals surface area contributed by atoms with Crippen LogP contribution in [0, 0.1) is 5.92 Å². The summed E-state index contributed by atoms with van der Waals surface area (Å²) in [7, 11) is 0. The first kappa shape index (κ1) is 10.8. The number of hydrogen-bond donors (Lipinski definition) is 0. The maximum atomic E-state index is 11.9. The molecule has 0 bridgehead atoms.